The van der Waals surface area contributed by atoms with E-state index in [0.29, 0.717) is 23.3 Å². The molecule has 0 spiro atoms. The van der Waals surface area contributed by atoms with Gasteiger partial charge in [0.05, 0.1) is 23.1 Å². The Kier molecular flexibility index (Phi) is 5.62. The lowest BCUT2D eigenvalue weighted by Crippen LogP contribution is -1.94. The Morgan fingerprint density at radius 1 is 0.882 bits per heavy atom. The van der Waals surface area contributed by atoms with E-state index in [1.807, 2.05) is 91.0 Å². The predicted octanol–water partition coefficient (Wildman–Crippen LogP) is 7.00. The SMILES string of the molecule is O=[N+]([O-])c1cc2oc(-c3ccccc3)c(-c3ccccc3)c2c(C=NCc2ccccc2)c1O. The number of phenolic OH excluding ortho intramolecular Hbond substituents is 1. The number of furan rings is 1. The van der Waals surface area contributed by atoms with Gasteiger partial charge in [0.2, 0.25) is 5.75 Å². The lowest BCUT2D eigenvalue weighted by Gasteiger charge is -2.07. The van der Waals surface area contributed by atoms with Crippen molar-refractivity contribution < 1.29 is 14.4 Å². The molecule has 6 nitrogen and oxygen atoms in total. The number of nitrogens with zero attached hydrogens (tertiary/aromatic N) is 2. The maximum Gasteiger partial charge on any atom is 0.315 e. The van der Waals surface area contributed by atoms with Crippen LogP contribution in [0.3, 0.4) is 0 Å². The van der Waals surface area contributed by atoms with Gasteiger partial charge in [-0.3, -0.25) is 15.1 Å². The molecule has 0 amide bonds. The topological polar surface area (TPSA) is 88.9 Å². The molecule has 0 saturated carbocycles. The number of nitro groups is 1. The van der Waals surface area contributed by atoms with Crippen LogP contribution in [0.1, 0.15) is 11.1 Å². The van der Waals surface area contributed by atoms with E-state index in [4.69, 9.17) is 4.42 Å². The molecule has 1 heterocycles. The normalized spacial score (nSPS) is 11.3. The van der Waals surface area contributed by atoms with Crippen LogP contribution in [-0.4, -0.2) is 16.2 Å². The van der Waals surface area contributed by atoms with Gasteiger partial charge in [0.15, 0.2) is 0 Å². The van der Waals surface area contributed by atoms with Gasteiger partial charge in [-0.2, -0.15) is 0 Å². The number of benzene rings is 4. The fraction of sp³-hybridized carbons (Fsp3) is 0.0357. The zero-order valence-electron chi connectivity index (χ0n) is 18.1. The Hall–Kier alpha value is -4.71. The van der Waals surface area contributed by atoms with Gasteiger partial charge >= 0.3 is 5.69 Å². The molecule has 1 aromatic heterocycles. The first kappa shape index (κ1) is 21.2. The summed E-state index contributed by atoms with van der Waals surface area (Å²) in [5.74, 6) is 0.131. The summed E-state index contributed by atoms with van der Waals surface area (Å²) in [4.78, 5) is 15.6. The van der Waals surface area contributed by atoms with Gasteiger partial charge in [0.25, 0.3) is 0 Å². The summed E-state index contributed by atoms with van der Waals surface area (Å²) in [7, 11) is 0. The number of rotatable bonds is 6. The zero-order chi connectivity index (χ0) is 23.5. The molecule has 0 aliphatic heterocycles. The van der Waals surface area contributed by atoms with Crippen molar-refractivity contribution in [1.82, 2.24) is 0 Å². The van der Waals surface area contributed by atoms with Gasteiger partial charge in [0.1, 0.15) is 11.3 Å². The monoisotopic (exact) mass is 448 g/mol. The summed E-state index contributed by atoms with van der Waals surface area (Å²) < 4.78 is 6.21. The van der Waals surface area contributed by atoms with Crippen LogP contribution in [0.4, 0.5) is 5.69 Å². The second-order valence-corrected chi connectivity index (χ2v) is 7.78. The second kappa shape index (κ2) is 9.03. The van der Waals surface area contributed by atoms with Crippen molar-refractivity contribution in [2.45, 2.75) is 6.54 Å². The minimum Gasteiger partial charge on any atom is -0.502 e. The highest BCUT2D eigenvalue weighted by atomic mass is 16.6. The van der Waals surface area contributed by atoms with Crippen molar-refractivity contribution in [1.29, 1.82) is 0 Å². The maximum absolute atomic E-state index is 11.7. The molecule has 0 fully saturated rings. The molecule has 5 rings (SSSR count). The Morgan fingerprint density at radius 3 is 2.09 bits per heavy atom. The second-order valence-electron chi connectivity index (χ2n) is 7.78. The van der Waals surface area contributed by atoms with Crippen molar-refractivity contribution >= 4 is 22.9 Å². The summed E-state index contributed by atoms with van der Waals surface area (Å²) in [6.07, 6.45) is 1.49. The molecule has 0 unspecified atom stereocenters. The van der Waals surface area contributed by atoms with Crippen molar-refractivity contribution in [2.75, 3.05) is 0 Å². The van der Waals surface area contributed by atoms with E-state index >= 15 is 0 Å². The molecule has 6 heteroatoms. The van der Waals surface area contributed by atoms with Crippen LogP contribution in [0.5, 0.6) is 5.75 Å². The number of aromatic hydroxyl groups is 1. The molecule has 0 saturated heterocycles. The quantitative estimate of drug-likeness (QED) is 0.172. The molecule has 0 atom stereocenters. The van der Waals surface area contributed by atoms with Crippen LogP contribution in [0, 0.1) is 10.1 Å². The highest BCUT2D eigenvalue weighted by molar-refractivity contribution is 6.13. The summed E-state index contributed by atoms with van der Waals surface area (Å²) in [6, 6.07) is 30.1. The van der Waals surface area contributed by atoms with Gasteiger partial charge in [-0.1, -0.05) is 91.0 Å². The number of nitro benzene ring substituents is 1. The first-order valence-electron chi connectivity index (χ1n) is 10.7. The van der Waals surface area contributed by atoms with Crippen molar-refractivity contribution in [2.24, 2.45) is 4.99 Å². The third-order valence-electron chi connectivity index (χ3n) is 5.60. The summed E-state index contributed by atoms with van der Waals surface area (Å²) in [5, 5.41) is 23.2. The van der Waals surface area contributed by atoms with Gasteiger partial charge in [-0.05, 0) is 11.1 Å². The Bertz CT molecular complexity index is 1490. The van der Waals surface area contributed by atoms with E-state index in [9.17, 15) is 15.2 Å². The minimum absolute atomic E-state index is 0.255. The van der Waals surface area contributed by atoms with Gasteiger partial charge < -0.3 is 9.52 Å². The molecule has 0 bridgehead atoms. The molecule has 0 aliphatic rings. The largest absolute Gasteiger partial charge is 0.502 e. The highest BCUT2D eigenvalue weighted by Gasteiger charge is 2.27. The first-order valence-corrected chi connectivity index (χ1v) is 10.7. The number of fused-ring (bicyclic) bond motifs is 1. The first-order chi connectivity index (χ1) is 16.6. The van der Waals surface area contributed by atoms with Gasteiger partial charge in [0, 0.05) is 22.7 Å². The standard InChI is InChI=1S/C28H20N2O4/c31-27-22(18-29-17-19-10-4-1-5-11-19)26-24(16-23(27)30(32)33)34-28(21-14-8-3-9-15-21)25(26)20-12-6-2-7-13-20/h1-16,18,31H,17H2. The average molecular weight is 448 g/mol. The van der Waals surface area contributed by atoms with Gasteiger partial charge in [-0.25, -0.2) is 0 Å². The maximum atomic E-state index is 11.7. The molecular formula is C28H20N2O4. The molecule has 0 aliphatic carbocycles. The summed E-state index contributed by atoms with van der Waals surface area (Å²) >= 11 is 0. The lowest BCUT2D eigenvalue weighted by atomic mass is 9.95. The van der Waals surface area contributed by atoms with Crippen LogP contribution in [0.15, 0.2) is 106 Å². The molecule has 166 valence electrons. The summed E-state index contributed by atoms with van der Waals surface area (Å²) in [5.41, 5.74) is 3.56. The molecular weight excluding hydrogens is 428 g/mol. The van der Waals surface area contributed by atoms with Crippen molar-refractivity contribution in [3.63, 3.8) is 0 Å². The summed E-state index contributed by atoms with van der Waals surface area (Å²) in [6.45, 7) is 0.370. The Labute approximate surface area is 195 Å². The van der Waals surface area contributed by atoms with Crippen LogP contribution >= 0.6 is 0 Å². The number of hydrogen-bond acceptors (Lipinski definition) is 5. The van der Waals surface area contributed by atoms with Crippen molar-refractivity contribution in [3.8, 4) is 28.2 Å². The number of aliphatic imine (C=N–C) groups is 1. The molecule has 5 aromatic rings. The average Bonchev–Trinajstić information content (AvgIpc) is 3.26. The molecule has 4 aromatic carbocycles. The molecule has 1 N–H and O–H groups in total. The third-order valence-corrected chi connectivity index (χ3v) is 5.60. The van der Waals surface area contributed by atoms with Crippen molar-refractivity contribution in [3.05, 3.63) is 118 Å². The van der Waals surface area contributed by atoms with Gasteiger partial charge in [-0.15, -0.1) is 0 Å². The Balaban J connectivity index is 1.79. The fourth-order valence-corrected chi connectivity index (χ4v) is 4.03. The minimum atomic E-state index is -0.615. The van der Waals surface area contributed by atoms with E-state index < -0.39 is 16.4 Å². The van der Waals surface area contributed by atoms with E-state index in [1.165, 1.54) is 12.3 Å². The van der Waals surface area contributed by atoms with E-state index in [2.05, 4.69) is 4.99 Å². The van der Waals surface area contributed by atoms with Crippen LogP contribution < -0.4 is 0 Å². The molecule has 0 radical (unpaired) electrons. The van der Waals surface area contributed by atoms with Crippen LogP contribution in [-0.2, 0) is 6.54 Å². The Morgan fingerprint density at radius 2 is 1.47 bits per heavy atom. The van der Waals surface area contributed by atoms with E-state index in [1.54, 1.807) is 0 Å². The van der Waals surface area contributed by atoms with E-state index in [-0.39, 0.29) is 5.56 Å². The third kappa shape index (κ3) is 3.93. The van der Waals surface area contributed by atoms with Crippen LogP contribution in [0.25, 0.3) is 33.4 Å². The smallest absolute Gasteiger partial charge is 0.315 e. The number of phenols is 1. The van der Waals surface area contributed by atoms with Crippen LogP contribution in [0.2, 0.25) is 0 Å². The fourth-order valence-electron chi connectivity index (χ4n) is 4.03. The molecule has 34 heavy (non-hydrogen) atoms. The van der Waals surface area contributed by atoms with E-state index in [0.717, 1.165) is 22.3 Å². The predicted molar refractivity (Wildman–Crippen MR) is 133 cm³/mol. The zero-order valence-corrected chi connectivity index (χ0v) is 18.1. The lowest BCUT2D eigenvalue weighted by molar-refractivity contribution is -0.385. The highest BCUT2D eigenvalue weighted by Crippen LogP contribution is 2.46. The number of hydrogen-bond donors (Lipinski definition) is 1.